The third-order valence-electron chi connectivity index (χ3n) is 1.58. The van der Waals surface area contributed by atoms with Gasteiger partial charge >= 0.3 is 0 Å². The van der Waals surface area contributed by atoms with Gasteiger partial charge in [0.2, 0.25) is 0 Å². The van der Waals surface area contributed by atoms with E-state index in [1.807, 2.05) is 0 Å². The van der Waals surface area contributed by atoms with E-state index in [4.69, 9.17) is 19.7 Å². The van der Waals surface area contributed by atoms with Gasteiger partial charge in [0.25, 0.3) is 0 Å². The van der Waals surface area contributed by atoms with Crippen LogP contribution in [0.25, 0.3) is 0 Å². The second-order valence-corrected chi connectivity index (χ2v) is 3.28. The van der Waals surface area contributed by atoms with Crippen LogP contribution in [0.2, 0.25) is 0 Å². The van der Waals surface area contributed by atoms with Crippen LogP contribution in [-0.2, 0) is 9.47 Å². The Morgan fingerprint density at radius 2 is 1.69 bits per heavy atom. The standard InChI is InChI=1S/C9H20O4/c1-9(10,11)5-3-7-13-8-4-6-12-2/h10-11H,3-8H2,1-2H3. The summed E-state index contributed by atoms with van der Waals surface area (Å²) in [5, 5.41) is 17.9. The lowest BCUT2D eigenvalue weighted by Gasteiger charge is -2.14. The Balaban J connectivity index is 3.00. The molecule has 0 spiro atoms. The first-order valence-corrected chi connectivity index (χ1v) is 4.58. The van der Waals surface area contributed by atoms with Gasteiger partial charge < -0.3 is 19.7 Å². The first-order valence-electron chi connectivity index (χ1n) is 4.58. The maximum atomic E-state index is 8.94. The molecular formula is C9H20O4. The summed E-state index contributed by atoms with van der Waals surface area (Å²) in [6.07, 6.45) is 1.89. The molecule has 0 heterocycles. The summed E-state index contributed by atoms with van der Waals surface area (Å²) in [7, 11) is 1.66. The first-order chi connectivity index (χ1) is 6.06. The molecule has 0 aliphatic heterocycles. The second-order valence-electron chi connectivity index (χ2n) is 3.28. The Hall–Kier alpha value is -0.160. The van der Waals surface area contributed by atoms with Crippen molar-refractivity contribution in [3.05, 3.63) is 0 Å². The highest BCUT2D eigenvalue weighted by molar-refractivity contribution is 4.55. The van der Waals surface area contributed by atoms with Gasteiger partial charge in [0.05, 0.1) is 0 Å². The van der Waals surface area contributed by atoms with Crippen molar-refractivity contribution in [3.63, 3.8) is 0 Å². The van der Waals surface area contributed by atoms with Gasteiger partial charge in [-0.25, -0.2) is 0 Å². The van der Waals surface area contributed by atoms with Gasteiger partial charge in [0, 0.05) is 33.4 Å². The molecule has 2 N–H and O–H groups in total. The Bertz CT molecular complexity index is 109. The molecule has 0 amide bonds. The molecule has 13 heavy (non-hydrogen) atoms. The SMILES string of the molecule is COCCCOCCCC(C)(O)O. The van der Waals surface area contributed by atoms with E-state index in [0.717, 1.165) is 6.42 Å². The first kappa shape index (κ1) is 12.8. The summed E-state index contributed by atoms with van der Waals surface area (Å²) < 4.78 is 10.1. The minimum absolute atomic E-state index is 0.345. The van der Waals surface area contributed by atoms with Crippen LogP contribution < -0.4 is 0 Å². The summed E-state index contributed by atoms with van der Waals surface area (Å²) in [6, 6.07) is 0. The molecule has 0 aromatic rings. The summed E-state index contributed by atoms with van der Waals surface area (Å²) in [5.41, 5.74) is 0. The fourth-order valence-corrected chi connectivity index (χ4v) is 0.917. The smallest absolute Gasteiger partial charge is 0.159 e. The van der Waals surface area contributed by atoms with Crippen LogP contribution in [-0.4, -0.2) is 42.9 Å². The van der Waals surface area contributed by atoms with Gasteiger partial charge in [-0.2, -0.15) is 0 Å². The van der Waals surface area contributed by atoms with E-state index in [2.05, 4.69) is 0 Å². The van der Waals surface area contributed by atoms with Crippen LogP contribution in [0.15, 0.2) is 0 Å². The van der Waals surface area contributed by atoms with E-state index < -0.39 is 5.79 Å². The van der Waals surface area contributed by atoms with Gasteiger partial charge in [-0.1, -0.05) is 0 Å². The van der Waals surface area contributed by atoms with Gasteiger partial charge in [-0.3, -0.25) is 0 Å². The molecule has 0 bridgehead atoms. The van der Waals surface area contributed by atoms with E-state index in [-0.39, 0.29) is 0 Å². The zero-order valence-corrected chi connectivity index (χ0v) is 8.45. The van der Waals surface area contributed by atoms with Crippen LogP contribution >= 0.6 is 0 Å². The minimum Gasteiger partial charge on any atom is -0.385 e. The second kappa shape index (κ2) is 7.26. The van der Waals surface area contributed by atoms with Crippen LogP contribution in [0.5, 0.6) is 0 Å². The fraction of sp³-hybridized carbons (Fsp3) is 1.00. The molecule has 0 aliphatic rings. The average Bonchev–Trinajstić information content (AvgIpc) is 2.01. The Morgan fingerprint density at radius 1 is 1.08 bits per heavy atom. The molecule has 0 saturated heterocycles. The summed E-state index contributed by atoms with van der Waals surface area (Å²) in [5.74, 6) is -1.56. The highest BCUT2D eigenvalue weighted by Gasteiger charge is 2.13. The highest BCUT2D eigenvalue weighted by atomic mass is 16.5. The predicted molar refractivity (Wildman–Crippen MR) is 49.4 cm³/mol. The van der Waals surface area contributed by atoms with Crippen LogP contribution in [0.1, 0.15) is 26.2 Å². The van der Waals surface area contributed by atoms with Gasteiger partial charge in [-0.05, 0) is 19.8 Å². The Morgan fingerprint density at radius 3 is 2.23 bits per heavy atom. The molecule has 0 unspecified atom stereocenters. The lowest BCUT2D eigenvalue weighted by Crippen LogP contribution is -2.23. The van der Waals surface area contributed by atoms with E-state index >= 15 is 0 Å². The van der Waals surface area contributed by atoms with Crippen molar-refractivity contribution >= 4 is 0 Å². The summed E-state index contributed by atoms with van der Waals surface area (Å²) >= 11 is 0. The molecule has 0 aromatic heterocycles. The van der Waals surface area contributed by atoms with Crippen molar-refractivity contribution in [2.45, 2.75) is 32.0 Å². The molecule has 0 fully saturated rings. The zero-order valence-electron chi connectivity index (χ0n) is 8.45. The maximum absolute atomic E-state index is 8.94. The van der Waals surface area contributed by atoms with E-state index in [9.17, 15) is 0 Å². The molecule has 0 saturated carbocycles. The molecular weight excluding hydrogens is 172 g/mol. The van der Waals surface area contributed by atoms with Crippen molar-refractivity contribution in [2.24, 2.45) is 0 Å². The molecule has 0 rings (SSSR count). The van der Waals surface area contributed by atoms with Crippen molar-refractivity contribution in [3.8, 4) is 0 Å². The Labute approximate surface area is 79.5 Å². The van der Waals surface area contributed by atoms with E-state index in [0.29, 0.717) is 32.7 Å². The molecule has 80 valence electrons. The molecule has 0 radical (unpaired) electrons. The number of hydrogen-bond donors (Lipinski definition) is 2. The topological polar surface area (TPSA) is 58.9 Å². The fourth-order valence-electron chi connectivity index (χ4n) is 0.917. The normalized spacial score (nSPS) is 12.0. The zero-order chi connectivity index (χ0) is 10.2. The van der Waals surface area contributed by atoms with Crippen LogP contribution in [0, 0.1) is 0 Å². The third kappa shape index (κ3) is 11.8. The average molecular weight is 192 g/mol. The number of hydrogen-bond acceptors (Lipinski definition) is 4. The molecule has 0 atom stereocenters. The number of ether oxygens (including phenoxy) is 2. The van der Waals surface area contributed by atoms with Gasteiger partial charge in [0.15, 0.2) is 5.79 Å². The highest BCUT2D eigenvalue weighted by Crippen LogP contribution is 2.06. The minimum atomic E-state index is -1.56. The van der Waals surface area contributed by atoms with Crippen LogP contribution in [0.3, 0.4) is 0 Å². The lowest BCUT2D eigenvalue weighted by molar-refractivity contribution is -0.152. The molecule has 0 aromatic carbocycles. The molecule has 4 heteroatoms. The summed E-state index contributed by atoms with van der Waals surface area (Å²) in [4.78, 5) is 0. The predicted octanol–water partition coefficient (Wildman–Crippen LogP) is 0.520. The van der Waals surface area contributed by atoms with Crippen molar-refractivity contribution in [1.29, 1.82) is 0 Å². The lowest BCUT2D eigenvalue weighted by atomic mass is 10.2. The van der Waals surface area contributed by atoms with Gasteiger partial charge in [0.1, 0.15) is 0 Å². The van der Waals surface area contributed by atoms with E-state index in [1.54, 1.807) is 7.11 Å². The molecule has 4 nitrogen and oxygen atoms in total. The number of methoxy groups -OCH3 is 1. The van der Waals surface area contributed by atoms with Crippen molar-refractivity contribution in [2.75, 3.05) is 26.9 Å². The number of rotatable bonds is 8. The van der Waals surface area contributed by atoms with Crippen LogP contribution in [0.4, 0.5) is 0 Å². The van der Waals surface area contributed by atoms with Crippen molar-refractivity contribution in [1.82, 2.24) is 0 Å². The summed E-state index contributed by atoms with van der Waals surface area (Å²) in [6.45, 7) is 3.32. The number of aliphatic hydroxyl groups is 2. The quantitative estimate of drug-likeness (QED) is 0.435. The van der Waals surface area contributed by atoms with Crippen molar-refractivity contribution < 1.29 is 19.7 Å². The largest absolute Gasteiger partial charge is 0.385 e. The molecule has 0 aliphatic carbocycles. The third-order valence-corrected chi connectivity index (χ3v) is 1.58. The maximum Gasteiger partial charge on any atom is 0.159 e. The monoisotopic (exact) mass is 192 g/mol. The van der Waals surface area contributed by atoms with E-state index in [1.165, 1.54) is 6.92 Å². The van der Waals surface area contributed by atoms with Gasteiger partial charge in [-0.15, -0.1) is 0 Å². The Kier molecular flexibility index (Phi) is 7.17.